The monoisotopic (exact) mass is 365 g/mol. The molecule has 7 heteroatoms. The van der Waals surface area contributed by atoms with Gasteiger partial charge in [-0.1, -0.05) is 6.07 Å². The van der Waals surface area contributed by atoms with Gasteiger partial charge in [0.25, 0.3) is 0 Å². The van der Waals surface area contributed by atoms with E-state index in [2.05, 4.69) is 46.6 Å². The predicted octanol–water partition coefficient (Wildman–Crippen LogP) is 4.18. The molecule has 0 aliphatic rings. The molecule has 0 saturated carbocycles. The highest BCUT2D eigenvalue weighted by Crippen LogP contribution is 2.34. The molecule has 0 bridgehead atoms. The predicted molar refractivity (Wildman–Crippen MR) is 108 cm³/mol. The third kappa shape index (κ3) is 4.03. The lowest BCUT2D eigenvalue weighted by Gasteiger charge is -2.15. The Bertz CT molecular complexity index is 959. The fourth-order valence-corrected chi connectivity index (χ4v) is 2.59. The number of hydrogen-bond acceptors (Lipinski definition) is 7. The Morgan fingerprint density at radius 3 is 2.26 bits per heavy atom. The molecule has 0 unspecified atom stereocenters. The molecule has 0 radical (unpaired) electrons. The van der Waals surface area contributed by atoms with E-state index in [-0.39, 0.29) is 0 Å². The summed E-state index contributed by atoms with van der Waals surface area (Å²) in [4.78, 5) is 8.52. The second-order valence-electron chi connectivity index (χ2n) is 6.10. The zero-order valence-corrected chi connectivity index (χ0v) is 15.8. The highest BCUT2D eigenvalue weighted by Gasteiger charge is 2.12. The van der Waals surface area contributed by atoms with Crippen LogP contribution in [0.1, 0.15) is 11.1 Å². The maximum absolute atomic E-state index is 6.29. The molecule has 140 valence electrons. The van der Waals surface area contributed by atoms with Crippen LogP contribution in [0.2, 0.25) is 0 Å². The number of benzene rings is 2. The Morgan fingerprint density at radius 1 is 0.852 bits per heavy atom. The molecule has 0 aliphatic heterocycles. The maximum Gasteiger partial charge on any atom is 0.159 e. The van der Waals surface area contributed by atoms with Crippen LogP contribution in [0.5, 0.6) is 11.5 Å². The van der Waals surface area contributed by atoms with Crippen molar-refractivity contribution in [1.82, 2.24) is 9.97 Å². The van der Waals surface area contributed by atoms with Gasteiger partial charge in [0.05, 0.1) is 19.9 Å². The topological polar surface area (TPSA) is 94.3 Å². The van der Waals surface area contributed by atoms with Crippen molar-refractivity contribution >= 4 is 28.7 Å². The first-order chi connectivity index (χ1) is 13.0. The summed E-state index contributed by atoms with van der Waals surface area (Å²) >= 11 is 0. The second kappa shape index (κ2) is 7.82. The maximum atomic E-state index is 6.29. The van der Waals surface area contributed by atoms with Gasteiger partial charge in [-0.25, -0.2) is 9.97 Å². The smallest absolute Gasteiger partial charge is 0.159 e. The van der Waals surface area contributed by atoms with Crippen molar-refractivity contribution in [2.45, 2.75) is 13.8 Å². The molecule has 4 N–H and O–H groups in total. The van der Waals surface area contributed by atoms with Crippen molar-refractivity contribution < 1.29 is 9.47 Å². The van der Waals surface area contributed by atoms with Crippen LogP contribution in [0, 0.1) is 13.8 Å². The van der Waals surface area contributed by atoms with Crippen LogP contribution in [0.25, 0.3) is 0 Å². The summed E-state index contributed by atoms with van der Waals surface area (Å²) in [5.41, 5.74) is 10.7. The lowest BCUT2D eigenvalue weighted by Crippen LogP contribution is -2.06. The SMILES string of the molecule is COc1ccc(OC)c(Nc2ncnc(Nc3ccc(C)c(C)c3)c2N)c1. The molecule has 0 aliphatic carbocycles. The molecule has 7 nitrogen and oxygen atoms in total. The molecule has 2 aromatic carbocycles. The van der Waals surface area contributed by atoms with Crippen molar-refractivity contribution in [2.24, 2.45) is 0 Å². The van der Waals surface area contributed by atoms with Crippen LogP contribution >= 0.6 is 0 Å². The van der Waals surface area contributed by atoms with Gasteiger partial charge in [-0.3, -0.25) is 0 Å². The number of nitrogens with one attached hydrogen (secondary N) is 2. The number of methoxy groups -OCH3 is 2. The molecular formula is C20H23N5O2. The van der Waals surface area contributed by atoms with Crippen molar-refractivity contribution in [3.8, 4) is 11.5 Å². The van der Waals surface area contributed by atoms with Crippen LogP contribution in [0.3, 0.4) is 0 Å². The number of aromatic nitrogens is 2. The zero-order valence-electron chi connectivity index (χ0n) is 15.8. The first-order valence-corrected chi connectivity index (χ1v) is 8.45. The molecule has 0 atom stereocenters. The molecule has 1 heterocycles. The van der Waals surface area contributed by atoms with Gasteiger partial charge in [0.2, 0.25) is 0 Å². The number of aryl methyl sites for hydroxylation is 2. The summed E-state index contributed by atoms with van der Waals surface area (Å²) < 4.78 is 10.7. The number of nitrogens with two attached hydrogens (primary N) is 1. The number of nitrogens with zero attached hydrogens (tertiary/aromatic N) is 2. The third-order valence-corrected chi connectivity index (χ3v) is 4.31. The van der Waals surface area contributed by atoms with E-state index in [4.69, 9.17) is 15.2 Å². The average molecular weight is 365 g/mol. The van der Waals surface area contributed by atoms with Gasteiger partial charge in [-0.15, -0.1) is 0 Å². The zero-order chi connectivity index (χ0) is 19.4. The molecular weight excluding hydrogens is 342 g/mol. The average Bonchev–Trinajstić information content (AvgIpc) is 2.67. The van der Waals surface area contributed by atoms with E-state index in [0.717, 1.165) is 5.69 Å². The lowest BCUT2D eigenvalue weighted by molar-refractivity contribution is 0.405. The van der Waals surface area contributed by atoms with Crippen molar-refractivity contribution in [3.63, 3.8) is 0 Å². The molecule has 3 rings (SSSR count). The Labute approximate surface area is 158 Å². The van der Waals surface area contributed by atoms with Crippen molar-refractivity contribution in [2.75, 3.05) is 30.6 Å². The first kappa shape index (κ1) is 18.3. The normalized spacial score (nSPS) is 10.4. The van der Waals surface area contributed by atoms with Gasteiger partial charge >= 0.3 is 0 Å². The van der Waals surface area contributed by atoms with E-state index < -0.39 is 0 Å². The molecule has 27 heavy (non-hydrogen) atoms. The van der Waals surface area contributed by atoms with Crippen LogP contribution in [-0.2, 0) is 0 Å². The Hall–Kier alpha value is -3.48. The number of hydrogen-bond donors (Lipinski definition) is 3. The molecule has 1 aromatic heterocycles. The number of rotatable bonds is 6. The number of anilines is 5. The van der Waals surface area contributed by atoms with Crippen LogP contribution in [0.15, 0.2) is 42.7 Å². The summed E-state index contributed by atoms with van der Waals surface area (Å²) in [6.45, 7) is 4.13. The molecule has 0 spiro atoms. The third-order valence-electron chi connectivity index (χ3n) is 4.31. The largest absolute Gasteiger partial charge is 0.497 e. The summed E-state index contributed by atoms with van der Waals surface area (Å²) in [6, 6.07) is 11.5. The van der Waals surface area contributed by atoms with Gasteiger partial charge in [-0.2, -0.15) is 0 Å². The first-order valence-electron chi connectivity index (χ1n) is 8.45. The standard InChI is InChI=1S/C20H23N5O2/c1-12-5-6-14(9-13(12)2)24-19-18(21)20(23-11-22-19)25-16-10-15(26-3)7-8-17(16)27-4/h5-11H,21H2,1-4H3,(H2,22,23,24,25). The highest BCUT2D eigenvalue weighted by molar-refractivity contribution is 5.81. The van der Waals surface area contributed by atoms with Crippen LogP contribution in [0.4, 0.5) is 28.7 Å². The minimum Gasteiger partial charge on any atom is -0.497 e. The second-order valence-corrected chi connectivity index (χ2v) is 6.10. The Morgan fingerprint density at radius 2 is 1.59 bits per heavy atom. The van der Waals surface area contributed by atoms with E-state index in [1.54, 1.807) is 14.2 Å². The fraction of sp³-hybridized carbons (Fsp3) is 0.200. The van der Waals surface area contributed by atoms with Gasteiger partial charge < -0.3 is 25.8 Å². The Kier molecular flexibility index (Phi) is 5.30. The Balaban J connectivity index is 1.90. The highest BCUT2D eigenvalue weighted by atomic mass is 16.5. The van der Waals surface area contributed by atoms with E-state index >= 15 is 0 Å². The minimum absolute atomic E-state index is 0.403. The van der Waals surface area contributed by atoms with Gasteiger partial charge in [0, 0.05) is 11.8 Å². The number of nitrogen functional groups attached to an aromatic ring is 1. The van der Waals surface area contributed by atoms with Crippen molar-refractivity contribution in [1.29, 1.82) is 0 Å². The summed E-state index contributed by atoms with van der Waals surface area (Å²) in [5.74, 6) is 2.34. The molecule has 3 aromatic rings. The minimum atomic E-state index is 0.403. The number of ether oxygens (including phenoxy) is 2. The fourth-order valence-electron chi connectivity index (χ4n) is 2.59. The van der Waals surface area contributed by atoms with Gasteiger partial charge in [0.15, 0.2) is 11.6 Å². The molecule has 0 saturated heterocycles. The lowest BCUT2D eigenvalue weighted by atomic mass is 10.1. The molecule has 0 amide bonds. The molecule has 0 fully saturated rings. The summed E-state index contributed by atoms with van der Waals surface area (Å²) in [6.07, 6.45) is 1.45. The quantitative estimate of drug-likeness (QED) is 0.603. The van der Waals surface area contributed by atoms with E-state index in [0.29, 0.717) is 34.5 Å². The summed E-state index contributed by atoms with van der Waals surface area (Å²) in [5, 5.41) is 6.44. The van der Waals surface area contributed by atoms with E-state index in [1.807, 2.05) is 24.3 Å². The van der Waals surface area contributed by atoms with Crippen LogP contribution in [-0.4, -0.2) is 24.2 Å². The van der Waals surface area contributed by atoms with Crippen molar-refractivity contribution in [3.05, 3.63) is 53.9 Å². The van der Waals surface area contributed by atoms with Crippen LogP contribution < -0.4 is 25.8 Å². The van der Waals surface area contributed by atoms with Gasteiger partial charge in [-0.05, 0) is 49.2 Å². The summed E-state index contributed by atoms with van der Waals surface area (Å²) in [7, 11) is 3.21. The van der Waals surface area contributed by atoms with E-state index in [9.17, 15) is 0 Å². The van der Waals surface area contributed by atoms with Gasteiger partial charge in [0.1, 0.15) is 23.5 Å². The van der Waals surface area contributed by atoms with E-state index in [1.165, 1.54) is 17.5 Å².